The van der Waals surface area contributed by atoms with Gasteiger partial charge in [-0.1, -0.05) is 24.3 Å². The molecule has 0 saturated carbocycles. The lowest BCUT2D eigenvalue weighted by atomic mass is 10.1. The number of hydrogen-bond donors (Lipinski definition) is 2. The third kappa shape index (κ3) is 3.01. The Labute approximate surface area is 128 Å². The van der Waals surface area contributed by atoms with Crippen LogP contribution in [0, 0.1) is 12.7 Å². The average Bonchev–Trinajstić information content (AvgIpc) is 2.92. The van der Waals surface area contributed by atoms with Crippen LogP contribution < -0.4 is 5.32 Å². The largest absolute Gasteiger partial charge is 0.361 e. The second-order valence-electron chi connectivity index (χ2n) is 5.37. The molecule has 1 aromatic heterocycles. The van der Waals surface area contributed by atoms with E-state index in [-0.39, 0.29) is 11.7 Å². The van der Waals surface area contributed by atoms with Crippen molar-refractivity contribution in [1.82, 2.24) is 4.98 Å². The Balaban J connectivity index is 1.63. The number of anilines is 1. The van der Waals surface area contributed by atoms with Crippen LogP contribution in [0.25, 0.3) is 10.9 Å². The van der Waals surface area contributed by atoms with Gasteiger partial charge in [0.05, 0.1) is 0 Å². The highest BCUT2D eigenvalue weighted by Crippen LogP contribution is 2.19. The smallest absolute Gasteiger partial charge is 0.224 e. The van der Waals surface area contributed by atoms with E-state index in [1.165, 1.54) is 6.07 Å². The average molecular weight is 296 g/mol. The predicted octanol–water partition coefficient (Wildman–Crippen LogP) is 4.19. The molecule has 0 saturated heterocycles. The summed E-state index contributed by atoms with van der Waals surface area (Å²) < 4.78 is 13.5. The first-order chi connectivity index (χ1) is 10.6. The van der Waals surface area contributed by atoms with Gasteiger partial charge in [0.1, 0.15) is 5.82 Å². The maximum absolute atomic E-state index is 13.5. The van der Waals surface area contributed by atoms with Gasteiger partial charge in [-0.25, -0.2) is 4.39 Å². The van der Waals surface area contributed by atoms with Crippen LogP contribution in [-0.2, 0) is 11.2 Å². The van der Waals surface area contributed by atoms with Gasteiger partial charge in [-0.2, -0.15) is 0 Å². The molecule has 0 aliphatic heterocycles. The lowest BCUT2D eigenvalue weighted by Gasteiger charge is -2.06. The molecule has 0 unspecified atom stereocenters. The quantitative estimate of drug-likeness (QED) is 0.745. The van der Waals surface area contributed by atoms with E-state index in [1.54, 1.807) is 19.1 Å². The molecule has 4 heteroatoms. The van der Waals surface area contributed by atoms with Crippen LogP contribution in [0.15, 0.2) is 48.7 Å². The van der Waals surface area contributed by atoms with Gasteiger partial charge in [-0.15, -0.1) is 0 Å². The molecule has 1 amide bonds. The van der Waals surface area contributed by atoms with Crippen LogP contribution in [0.3, 0.4) is 0 Å². The fourth-order valence-electron chi connectivity index (χ4n) is 2.48. The van der Waals surface area contributed by atoms with E-state index in [4.69, 9.17) is 0 Å². The van der Waals surface area contributed by atoms with E-state index in [2.05, 4.69) is 10.3 Å². The molecule has 2 aromatic carbocycles. The molecule has 0 spiro atoms. The van der Waals surface area contributed by atoms with Crippen LogP contribution >= 0.6 is 0 Å². The topological polar surface area (TPSA) is 44.9 Å². The minimum atomic E-state index is -0.311. The minimum absolute atomic E-state index is 0.117. The van der Waals surface area contributed by atoms with E-state index >= 15 is 0 Å². The molecule has 1 heterocycles. The Bertz CT molecular complexity index is 823. The Morgan fingerprint density at radius 2 is 2.05 bits per heavy atom. The monoisotopic (exact) mass is 296 g/mol. The maximum atomic E-state index is 13.5. The first-order valence-corrected chi connectivity index (χ1v) is 7.24. The molecule has 112 valence electrons. The summed E-state index contributed by atoms with van der Waals surface area (Å²) in [5.74, 6) is -0.428. The minimum Gasteiger partial charge on any atom is -0.361 e. The number of H-pyrrole nitrogens is 1. The normalized spacial score (nSPS) is 10.8. The summed E-state index contributed by atoms with van der Waals surface area (Å²) in [6, 6.07) is 12.7. The molecule has 3 nitrogen and oxygen atoms in total. The summed E-state index contributed by atoms with van der Waals surface area (Å²) in [7, 11) is 0. The molecule has 2 N–H and O–H groups in total. The number of carbonyl (C=O) groups is 1. The Kier molecular flexibility index (Phi) is 3.92. The number of benzene rings is 2. The van der Waals surface area contributed by atoms with Gasteiger partial charge in [0, 0.05) is 29.2 Å². The summed E-state index contributed by atoms with van der Waals surface area (Å²) in [6.45, 7) is 1.69. The Morgan fingerprint density at radius 1 is 1.23 bits per heavy atom. The third-order valence-corrected chi connectivity index (χ3v) is 3.75. The number of aromatic nitrogens is 1. The van der Waals surface area contributed by atoms with Crippen molar-refractivity contribution in [1.29, 1.82) is 0 Å². The van der Waals surface area contributed by atoms with Crippen LogP contribution in [0.2, 0.25) is 0 Å². The van der Waals surface area contributed by atoms with Crippen molar-refractivity contribution >= 4 is 22.5 Å². The highest BCUT2D eigenvalue weighted by atomic mass is 19.1. The Morgan fingerprint density at radius 3 is 2.86 bits per heavy atom. The summed E-state index contributed by atoms with van der Waals surface area (Å²) in [5.41, 5.74) is 3.24. The summed E-state index contributed by atoms with van der Waals surface area (Å²) >= 11 is 0. The fourth-order valence-corrected chi connectivity index (χ4v) is 2.48. The van der Waals surface area contributed by atoms with Crippen LogP contribution in [-0.4, -0.2) is 10.9 Å². The first-order valence-electron chi connectivity index (χ1n) is 7.24. The summed E-state index contributed by atoms with van der Waals surface area (Å²) in [4.78, 5) is 15.2. The van der Waals surface area contributed by atoms with Crippen molar-refractivity contribution in [2.45, 2.75) is 19.8 Å². The van der Waals surface area contributed by atoms with Crippen LogP contribution in [0.4, 0.5) is 10.1 Å². The van der Waals surface area contributed by atoms with Crippen molar-refractivity contribution in [2.24, 2.45) is 0 Å². The zero-order valence-corrected chi connectivity index (χ0v) is 12.3. The van der Waals surface area contributed by atoms with Crippen LogP contribution in [0.5, 0.6) is 0 Å². The SMILES string of the molecule is Cc1ccc(NC(=O)CCc2c[nH]c3ccccc23)cc1F. The van der Waals surface area contributed by atoms with Gasteiger partial charge >= 0.3 is 0 Å². The maximum Gasteiger partial charge on any atom is 0.224 e. The second-order valence-corrected chi connectivity index (χ2v) is 5.37. The van der Waals surface area contributed by atoms with Gasteiger partial charge < -0.3 is 10.3 Å². The van der Waals surface area contributed by atoms with Gasteiger partial charge in [0.2, 0.25) is 5.91 Å². The highest BCUT2D eigenvalue weighted by molar-refractivity contribution is 5.91. The molecule has 0 aliphatic rings. The number of aryl methyl sites for hydroxylation is 2. The number of hydrogen-bond acceptors (Lipinski definition) is 1. The molecule has 3 rings (SSSR count). The third-order valence-electron chi connectivity index (χ3n) is 3.75. The molecule has 22 heavy (non-hydrogen) atoms. The highest BCUT2D eigenvalue weighted by Gasteiger charge is 2.08. The number of halogens is 1. The molecule has 3 aromatic rings. The van der Waals surface area contributed by atoms with Crippen molar-refractivity contribution in [3.8, 4) is 0 Å². The van der Waals surface area contributed by atoms with Gasteiger partial charge in [0.25, 0.3) is 0 Å². The lowest BCUT2D eigenvalue weighted by Crippen LogP contribution is -2.12. The van der Waals surface area contributed by atoms with Crippen LogP contribution in [0.1, 0.15) is 17.5 Å². The number of nitrogens with one attached hydrogen (secondary N) is 2. The zero-order valence-electron chi connectivity index (χ0n) is 12.3. The van der Waals surface area contributed by atoms with E-state index < -0.39 is 0 Å². The first kappa shape index (κ1) is 14.3. The Hall–Kier alpha value is -2.62. The van der Waals surface area contributed by atoms with E-state index in [0.717, 1.165) is 16.5 Å². The molecular weight excluding hydrogens is 279 g/mol. The van der Waals surface area contributed by atoms with Crippen molar-refractivity contribution in [3.05, 3.63) is 65.6 Å². The molecule has 0 atom stereocenters. The zero-order chi connectivity index (χ0) is 15.5. The van der Waals surface area contributed by atoms with E-state index in [0.29, 0.717) is 24.1 Å². The summed E-state index contributed by atoms with van der Waals surface area (Å²) in [6.07, 6.45) is 2.94. The predicted molar refractivity (Wildman–Crippen MR) is 86.4 cm³/mol. The van der Waals surface area contributed by atoms with Crippen molar-refractivity contribution < 1.29 is 9.18 Å². The van der Waals surface area contributed by atoms with Gasteiger partial charge in [-0.05, 0) is 42.7 Å². The summed E-state index contributed by atoms with van der Waals surface area (Å²) in [5, 5.41) is 3.87. The van der Waals surface area contributed by atoms with E-state index in [9.17, 15) is 9.18 Å². The molecular formula is C18H17FN2O. The fraction of sp³-hybridized carbons (Fsp3) is 0.167. The van der Waals surface area contributed by atoms with Gasteiger partial charge in [-0.3, -0.25) is 4.79 Å². The number of amides is 1. The number of aromatic amines is 1. The second kappa shape index (κ2) is 6.02. The van der Waals surface area contributed by atoms with Crippen molar-refractivity contribution in [3.63, 3.8) is 0 Å². The number of fused-ring (bicyclic) bond motifs is 1. The standard InChI is InChI=1S/C18H17FN2O/c1-12-6-8-14(10-16(12)19)21-18(22)9-7-13-11-20-17-5-3-2-4-15(13)17/h2-6,8,10-11,20H,7,9H2,1H3,(H,21,22). The molecule has 0 fully saturated rings. The number of para-hydroxylation sites is 1. The van der Waals surface area contributed by atoms with Crippen molar-refractivity contribution in [2.75, 3.05) is 5.32 Å². The lowest BCUT2D eigenvalue weighted by molar-refractivity contribution is -0.116. The molecule has 0 bridgehead atoms. The van der Waals surface area contributed by atoms with Gasteiger partial charge in [0.15, 0.2) is 0 Å². The number of rotatable bonds is 4. The molecule has 0 radical (unpaired) electrons. The van der Waals surface area contributed by atoms with E-state index in [1.807, 2.05) is 30.5 Å². The molecule has 0 aliphatic carbocycles. The number of carbonyl (C=O) groups excluding carboxylic acids is 1.